The molecular weight excluding hydrogens is 406 g/mol. The van der Waals surface area contributed by atoms with Gasteiger partial charge in [0.15, 0.2) is 0 Å². The molecule has 0 radical (unpaired) electrons. The summed E-state index contributed by atoms with van der Waals surface area (Å²) in [5.74, 6) is -0.980. The molecular formula is C22H22ClN3O4. The summed E-state index contributed by atoms with van der Waals surface area (Å²) in [6, 6.07) is 11.7. The molecule has 30 heavy (non-hydrogen) atoms. The van der Waals surface area contributed by atoms with Crippen LogP contribution in [-0.4, -0.2) is 52.5 Å². The van der Waals surface area contributed by atoms with Crippen LogP contribution in [0.1, 0.15) is 30.1 Å². The topological polar surface area (TPSA) is 98.7 Å². The number of fused-ring (bicyclic) bond motifs is 2. The summed E-state index contributed by atoms with van der Waals surface area (Å²) in [7, 11) is 0. The Hall–Kier alpha value is -2.90. The quantitative estimate of drug-likeness (QED) is 0.700. The van der Waals surface area contributed by atoms with Crippen LogP contribution in [0.3, 0.4) is 0 Å². The summed E-state index contributed by atoms with van der Waals surface area (Å²) in [6.07, 6.45) is -0.308. The van der Waals surface area contributed by atoms with Crippen LogP contribution in [0.15, 0.2) is 42.5 Å². The number of piperidine rings is 1. The second-order valence-corrected chi connectivity index (χ2v) is 8.11. The predicted molar refractivity (Wildman–Crippen MR) is 113 cm³/mol. The van der Waals surface area contributed by atoms with Gasteiger partial charge >= 0.3 is 0 Å². The second-order valence-electron chi connectivity index (χ2n) is 7.68. The lowest BCUT2D eigenvalue weighted by molar-refractivity contribution is -0.130. The fourth-order valence-corrected chi connectivity index (χ4v) is 4.06. The van der Waals surface area contributed by atoms with Crippen molar-refractivity contribution in [1.29, 1.82) is 0 Å². The number of benzene rings is 2. The lowest BCUT2D eigenvalue weighted by Crippen LogP contribution is -2.55. The molecule has 1 fully saturated rings. The summed E-state index contributed by atoms with van der Waals surface area (Å²) < 4.78 is 0. The van der Waals surface area contributed by atoms with E-state index in [0.717, 1.165) is 11.1 Å². The van der Waals surface area contributed by atoms with Crippen LogP contribution in [0.25, 0.3) is 11.1 Å². The molecule has 3 amide bonds. The Morgan fingerprint density at radius 2 is 1.90 bits per heavy atom. The Morgan fingerprint density at radius 1 is 1.20 bits per heavy atom. The first-order valence-corrected chi connectivity index (χ1v) is 10.2. The van der Waals surface area contributed by atoms with Gasteiger partial charge in [-0.25, -0.2) is 0 Å². The molecule has 0 saturated carbocycles. The van der Waals surface area contributed by atoms with Crippen LogP contribution in [0.4, 0.5) is 5.69 Å². The van der Waals surface area contributed by atoms with E-state index < -0.39 is 18.1 Å². The minimum absolute atomic E-state index is 0.218. The summed E-state index contributed by atoms with van der Waals surface area (Å²) in [5.41, 5.74) is 2.68. The minimum atomic E-state index is -1.12. The molecule has 3 unspecified atom stereocenters. The first kappa shape index (κ1) is 20.4. The molecule has 156 valence electrons. The number of nitrogens with one attached hydrogen (secondary N) is 2. The maximum absolute atomic E-state index is 13.3. The average Bonchev–Trinajstić information content (AvgIpc) is 2.83. The average molecular weight is 428 g/mol. The van der Waals surface area contributed by atoms with Crippen molar-refractivity contribution in [3.05, 3.63) is 53.1 Å². The number of aliphatic hydroxyl groups is 1. The first-order chi connectivity index (χ1) is 14.3. The summed E-state index contributed by atoms with van der Waals surface area (Å²) in [5, 5.41) is 15.6. The van der Waals surface area contributed by atoms with E-state index in [0.29, 0.717) is 35.7 Å². The number of nitrogens with zero attached hydrogens (tertiary/aromatic N) is 1. The lowest BCUT2D eigenvalue weighted by atomic mass is 9.95. The Morgan fingerprint density at radius 3 is 2.60 bits per heavy atom. The number of hydrogen-bond donors (Lipinski definition) is 3. The van der Waals surface area contributed by atoms with Gasteiger partial charge in [-0.05, 0) is 55.2 Å². The highest BCUT2D eigenvalue weighted by molar-refractivity contribution is 6.30. The van der Waals surface area contributed by atoms with E-state index in [9.17, 15) is 19.5 Å². The van der Waals surface area contributed by atoms with Crippen molar-refractivity contribution in [3.63, 3.8) is 0 Å². The van der Waals surface area contributed by atoms with Crippen LogP contribution in [-0.2, 0) is 9.59 Å². The molecule has 0 aromatic heterocycles. The smallest absolute Gasteiger partial charge is 0.256 e. The van der Waals surface area contributed by atoms with Gasteiger partial charge in [-0.15, -0.1) is 0 Å². The molecule has 3 N–H and O–H groups in total. The van der Waals surface area contributed by atoms with Crippen molar-refractivity contribution < 1.29 is 19.5 Å². The predicted octanol–water partition coefficient (Wildman–Crippen LogP) is 2.43. The fraction of sp³-hybridized carbons (Fsp3) is 0.318. The van der Waals surface area contributed by atoms with Gasteiger partial charge in [0.25, 0.3) is 5.91 Å². The van der Waals surface area contributed by atoms with E-state index in [1.54, 1.807) is 29.2 Å². The first-order valence-electron chi connectivity index (χ1n) is 9.84. The molecule has 0 bridgehead atoms. The van der Waals surface area contributed by atoms with Gasteiger partial charge in [0.2, 0.25) is 11.8 Å². The third-order valence-corrected chi connectivity index (χ3v) is 5.83. The van der Waals surface area contributed by atoms with Gasteiger partial charge in [0, 0.05) is 17.6 Å². The Bertz CT molecular complexity index is 1010. The number of halogens is 1. The number of aliphatic hydroxyl groups excluding tert-OH is 1. The molecule has 2 heterocycles. The number of anilines is 1. The molecule has 0 aliphatic carbocycles. The summed E-state index contributed by atoms with van der Waals surface area (Å²) in [6.45, 7) is 1.73. The molecule has 4 rings (SSSR count). The minimum Gasteiger partial charge on any atom is -0.384 e. The van der Waals surface area contributed by atoms with Gasteiger partial charge in [0.05, 0.1) is 11.3 Å². The Balaban J connectivity index is 1.60. The number of carbonyl (C=O) groups is 3. The largest absolute Gasteiger partial charge is 0.384 e. The van der Waals surface area contributed by atoms with E-state index in [2.05, 4.69) is 10.6 Å². The van der Waals surface area contributed by atoms with E-state index >= 15 is 0 Å². The standard InChI is InChI=1S/C22H22ClN3O4/c1-12(27)20(28)24-16-8-9-26-19(11-16)21(29)25-18-7-4-14(10-17(18)22(26)30)13-2-5-15(23)6-3-13/h2-7,10,12,16,19,27H,8-9,11H2,1H3,(H,24,28)(H,25,29). The van der Waals surface area contributed by atoms with Crippen molar-refractivity contribution in [3.8, 4) is 11.1 Å². The number of amides is 3. The maximum atomic E-state index is 13.3. The molecule has 2 aliphatic rings. The molecule has 2 aromatic rings. The lowest BCUT2D eigenvalue weighted by Gasteiger charge is -2.37. The molecule has 7 nitrogen and oxygen atoms in total. The number of carbonyl (C=O) groups excluding carboxylic acids is 3. The van der Waals surface area contributed by atoms with E-state index in [4.69, 9.17) is 11.6 Å². The van der Waals surface area contributed by atoms with Crippen LogP contribution in [0, 0.1) is 0 Å². The molecule has 2 aliphatic heterocycles. The summed E-state index contributed by atoms with van der Waals surface area (Å²) in [4.78, 5) is 39.5. The third-order valence-electron chi connectivity index (χ3n) is 5.58. The normalized spacial score (nSPS) is 21.8. The van der Waals surface area contributed by atoms with E-state index in [1.165, 1.54) is 6.92 Å². The van der Waals surface area contributed by atoms with E-state index in [-0.39, 0.29) is 17.9 Å². The maximum Gasteiger partial charge on any atom is 0.256 e. The zero-order valence-corrected chi connectivity index (χ0v) is 17.1. The van der Waals surface area contributed by atoms with Crippen molar-refractivity contribution in [2.75, 3.05) is 11.9 Å². The molecule has 2 aromatic carbocycles. The highest BCUT2D eigenvalue weighted by Crippen LogP contribution is 2.32. The monoisotopic (exact) mass is 427 g/mol. The van der Waals surface area contributed by atoms with Crippen molar-refractivity contribution >= 4 is 35.0 Å². The van der Waals surface area contributed by atoms with Gasteiger partial charge < -0.3 is 20.6 Å². The van der Waals surface area contributed by atoms with Gasteiger partial charge in [0.1, 0.15) is 12.1 Å². The second kappa shape index (κ2) is 8.08. The van der Waals surface area contributed by atoms with Crippen molar-refractivity contribution in [2.45, 2.75) is 38.0 Å². The highest BCUT2D eigenvalue weighted by Gasteiger charge is 2.40. The number of rotatable bonds is 3. The van der Waals surface area contributed by atoms with Gasteiger partial charge in [-0.2, -0.15) is 0 Å². The zero-order valence-electron chi connectivity index (χ0n) is 16.4. The molecule has 3 atom stereocenters. The van der Waals surface area contributed by atoms with Gasteiger partial charge in [-0.1, -0.05) is 29.8 Å². The van der Waals surface area contributed by atoms with Crippen LogP contribution in [0.5, 0.6) is 0 Å². The van der Waals surface area contributed by atoms with Crippen molar-refractivity contribution in [2.24, 2.45) is 0 Å². The van der Waals surface area contributed by atoms with Crippen LogP contribution in [0.2, 0.25) is 5.02 Å². The highest BCUT2D eigenvalue weighted by atomic mass is 35.5. The Kier molecular flexibility index (Phi) is 5.49. The van der Waals surface area contributed by atoms with Crippen LogP contribution >= 0.6 is 11.6 Å². The zero-order chi connectivity index (χ0) is 21.4. The SMILES string of the molecule is CC(O)C(=O)NC1CCN2C(=O)c3cc(-c4ccc(Cl)cc4)ccc3NC(=O)C2C1. The number of hydrogen-bond acceptors (Lipinski definition) is 4. The Labute approximate surface area is 179 Å². The van der Waals surface area contributed by atoms with Crippen LogP contribution < -0.4 is 10.6 Å². The van der Waals surface area contributed by atoms with Crippen molar-refractivity contribution in [1.82, 2.24) is 10.2 Å². The third kappa shape index (κ3) is 3.91. The van der Waals surface area contributed by atoms with Gasteiger partial charge in [-0.3, -0.25) is 14.4 Å². The fourth-order valence-electron chi connectivity index (χ4n) is 3.93. The molecule has 0 spiro atoms. The summed E-state index contributed by atoms with van der Waals surface area (Å²) >= 11 is 5.96. The van der Waals surface area contributed by atoms with E-state index in [1.807, 2.05) is 18.2 Å². The molecule has 1 saturated heterocycles. The molecule has 8 heteroatoms.